The van der Waals surface area contributed by atoms with Crippen molar-refractivity contribution in [2.24, 2.45) is 5.92 Å². The van der Waals surface area contributed by atoms with Crippen LogP contribution in [-0.4, -0.2) is 34.5 Å². The minimum absolute atomic E-state index is 0.123. The molecule has 0 aromatic heterocycles. The molecule has 0 bridgehead atoms. The van der Waals surface area contributed by atoms with E-state index in [2.05, 4.69) is 19.2 Å². The van der Waals surface area contributed by atoms with Crippen LogP contribution < -0.4 is 14.4 Å². The molecular weight excluding hydrogens is 400 g/mol. The van der Waals surface area contributed by atoms with Crippen molar-refractivity contribution in [3.8, 4) is 5.75 Å². The summed E-state index contributed by atoms with van der Waals surface area (Å²) in [7, 11) is -2.47. The van der Waals surface area contributed by atoms with Crippen LogP contribution in [0.5, 0.6) is 5.75 Å². The van der Waals surface area contributed by atoms with E-state index in [0.29, 0.717) is 23.9 Å². The van der Waals surface area contributed by atoms with Gasteiger partial charge in [-0.3, -0.25) is 9.10 Å². The summed E-state index contributed by atoms with van der Waals surface area (Å²) in [5.41, 5.74) is 0.331. The van der Waals surface area contributed by atoms with E-state index >= 15 is 0 Å². The molecule has 2 rings (SSSR count). The van der Waals surface area contributed by atoms with E-state index < -0.39 is 10.0 Å². The third-order valence-corrected chi connectivity index (χ3v) is 6.88. The first-order chi connectivity index (χ1) is 14.4. The Hall–Kier alpha value is -2.54. The van der Waals surface area contributed by atoms with Gasteiger partial charge in [-0.05, 0) is 36.6 Å². The number of hydrogen-bond acceptors (Lipinski definition) is 4. The lowest BCUT2D eigenvalue weighted by molar-refractivity contribution is -0.119. The number of nitrogens with zero attached hydrogens (tertiary/aromatic N) is 1. The molecule has 6 nitrogen and oxygen atoms in total. The molecule has 1 amide bonds. The minimum Gasteiger partial charge on any atom is -0.495 e. The van der Waals surface area contributed by atoms with Gasteiger partial charge in [0.1, 0.15) is 12.3 Å². The zero-order valence-corrected chi connectivity index (χ0v) is 18.8. The lowest BCUT2D eigenvalue weighted by Gasteiger charge is -2.26. The fourth-order valence-corrected chi connectivity index (χ4v) is 4.70. The highest BCUT2D eigenvalue weighted by Crippen LogP contribution is 2.32. The summed E-state index contributed by atoms with van der Waals surface area (Å²) in [5, 5.41) is 2.92. The number of benzene rings is 2. The number of anilines is 1. The second-order valence-electron chi connectivity index (χ2n) is 7.22. The Morgan fingerprint density at radius 3 is 2.37 bits per heavy atom. The average molecular weight is 433 g/mol. The van der Waals surface area contributed by atoms with Gasteiger partial charge in [0.2, 0.25) is 5.91 Å². The number of sulfonamides is 1. The molecule has 2 aromatic carbocycles. The summed E-state index contributed by atoms with van der Waals surface area (Å²) in [6.45, 7) is 4.47. The molecule has 1 N–H and O–H groups in total. The molecular formula is C23H32N2O4S. The molecule has 0 fully saturated rings. The van der Waals surface area contributed by atoms with Crippen LogP contribution in [0.1, 0.15) is 39.5 Å². The van der Waals surface area contributed by atoms with Crippen molar-refractivity contribution in [3.05, 3.63) is 54.6 Å². The molecule has 164 valence electrons. The van der Waals surface area contributed by atoms with Crippen molar-refractivity contribution in [2.45, 2.75) is 44.4 Å². The van der Waals surface area contributed by atoms with Crippen LogP contribution in [0.3, 0.4) is 0 Å². The van der Waals surface area contributed by atoms with Crippen molar-refractivity contribution in [2.75, 3.05) is 24.5 Å². The monoisotopic (exact) mass is 432 g/mol. The van der Waals surface area contributed by atoms with E-state index in [0.717, 1.165) is 30.0 Å². The van der Waals surface area contributed by atoms with E-state index in [1.54, 1.807) is 42.5 Å². The van der Waals surface area contributed by atoms with Crippen LogP contribution >= 0.6 is 0 Å². The van der Waals surface area contributed by atoms with E-state index in [-0.39, 0.29) is 17.3 Å². The second-order valence-corrected chi connectivity index (χ2v) is 9.08. The van der Waals surface area contributed by atoms with Gasteiger partial charge >= 0.3 is 0 Å². The SMILES string of the molecule is CCCC[C@@H](CC)CNC(=O)CN(c1ccccc1OC)S(=O)(=O)c1ccccc1. The first-order valence-corrected chi connectivity index (χ1v) is 11.9. The number of ether oxygens (including phenoxy) is 1. The van der Waals surface area contributed by atoms with E-state index in [1.165, 1.54) is 19.2 Å². The standard InChI is InChI=1S/C23H32N2O4S/c1-4-6-12-19(5-2)17-24-23(26)18-25(21-15-10-11-16-22(21)29-3)30(27,28)20-13-8-7-9-14-20/h7-11,13-16,19H,4-6,12,17-18H2,1-3H3,(H,24,26)/t19-/m1/s1. The summed E-state index contributed by atoms with van der Waals surface area (Å²) in [5.74, 6) is 0.439. The summed E-state index contributed by atoms with van der Waals surface area (Å²) in [4.78, 5) is 12.9. The van der Waals surface area contributed by atoms with Gasteiger partial charge in [-0.25, -0.2) is 8.42 Å². The van der Waals surface area contributed by atoms with Gasteiger partial charge < -0.3 is 10.1 Å². The normalized spacial score (nSPS) is 12.2. The summed E-state index contributed by atoms with van der Waals surface area (Å²) in [6, 6.07) is 14.9. The number of hydrogen-bond donors (Lipinski definition) is 1. The van der Waals surface area contributed by atoms with Crippen LogP contribution in [0, 0.1) is 5.92 Å². The molecule has 30 heavy (non-hydrogen) atoms. The number of methoxy groups -OCH3 is 1. The van der Waals surface area contributed by atoms with Gasteiger partial charge in [-0.15, -0.1) is 0 Å². The predicted molar refractivity (Wildman–Crippen MR) is 120 cm³/mol. The second kappa shape index (κ2) is 11.6. The Labute approximate surface area is 180 Å². The Morgan fingerprint density at radius 1 is 1.07 bits per heavy atom. The topological polar surface area (TPSA) is 75.7 Å². The molecule has 0 spiro atoms. The minimum atomic E-state index is -3.95. The Bertz CT molecular complexity index is 900. The van der Waals surface area contributed by atoms with Crippen LogP contribution in [0.25, 0.3) is 0 Å². The molecule has 0 aliphatic heterocycles. The van der Waals surface area contributed by atoms with Crippen molar-refractivity contribution in [1.29, 1.82) is 0 Å². The van der Waals surface area contributed by atoms with Crippen LogP contribution in [-0.2, 0) is 14.8 Å². The van der Waals surface area contributed by atoms with Crippen LogP contribution in [0.2, 0.25) is 0 Å². The molecule has 7 heteroatoms. The van der Waals surface area contributed by atoms with Crippen molar-refractivity contribution in [1.82, 2.24) is 5.32 Å². The van der Waals surface area contributed by atoms with E-state index in [1.807, 2.05) is 0 Å². The third kappa shape index (κ3) is 6.23. The largest absolute Gasteiger partial charge is 0.495 e. The van der Waals surface area contributed by atoms with Gasteiger partial charge in [0.15, 0.2) is 0 Å². The average Bonchev–Trinajstić information content (AvgIpc) is 2.78. The number of para-hydroxylation sites is 2. The fraction of sp³-hybridized carbons (Fsp3) is 0.435. The van der Waals surface area contributed by atoms with Crippen LogP contribution in [0.4, 0.5) is 5.69 Å². The predicted octanol–water partition coefficient (Wildman–Crippen LogP) is 4.22. The van der Waals surface area contributed by atoms with E-state index in [9.17, 15) is 13.2 Å². The number of carbonyl (C=O) groups excluding carboxylic acids is 1. The molecule has 0 saturated carbocycles. The maximum absolute atomic E-state index is 13.4. The number of carbonyl (C=O) groups is 1. The Balaban J connectivity index is 2.28. The van der Waals surface area contributed by atoms with Crippen LogP contribution in [0.15, 0.2) is 59.5 Å². The summed E-state index contributed by atoms with van der Waals surface area (Å²) in [6.07, 6.45) is 4.25. The zero-order chi connectivity index (χ0) is 22.0. The highest BCUT2D eigenvalue weighted by molar-refractivity contribution is 7.92. The highest BCUT2D eigenvalue weighted by atomic mass is 32.2. The Morgan fingerprint density at radius 2 is 1.73 bits per heavy atom. The lowest BCUT2D eigenvalue weighted by Crippen LogP contribution is -2.42. The summed E-state index contributed by atoms with van der Waals surface area (Å²) < 4.78 is 33.2. The molecule has 0 aliphatic rings. The van der Waals surface area contributed by atoms with Gasteiger partial charge in [-0.2, -0.15) is 0 Å². The highest BCUT2D eigenvalue weighted by Gasteiger charge is 2.29. The van der Waals surface area contributed by atoms with Crippen molar-refractivity contribution in [3.63, 3.8) is 0 Å². The fourth-order valence-electron chi connectivity index (χ4n) is 3.24. The molecule has 0 unspecified atom stereocenters. The summed E-state index contributed by atoms with van der Waals surface area (Å²) >= 11 is 0. The van der Waals surface area contributed by atoms with Gasteiger partial charge in [0, 0.05) is 6.54 Å². The van der Waals surface area contributed by atoms with E-state index in [4.69, 9.17) is 4.74 Å². The molecule has 0 aliphatic carbocycles. The number of nitrogens with one attached hydrogen (secondary N) is 1. The maximum Gasteiger partial charge on any atom is 0.264 e. The maximum atomic E-state index is 13.4. The third-order valence-electron chi connectivity index (χ3n) is 5.10. The van der Waals surface area contributed by atoms with Gasteiger partial charge in [0.05, 0.1) is 17.7 Å². The first-order valence-electron chi connectivity index (χ1n) is 10.4. The molecule has 1 atom stereocenters. The van der Waals surface area contributed by atoms with Gasteiger partial charge in [-0.1, -0.05) is 63.4 Å². The molecule has 0 heterocycles. The zero-order valence-electron chi connectivity index (χ0n) is 18.0. The Kier molecular flexibility index (Phi) is 9.17. The number of rotatable bonds is 12. The molecule has 0 radical (unpaired) electrons. The molecule has 2 aromatic rings. The van der Waals surface area contributed by atoms with Crippen molar-refractivity contribution >= 4 is 21.6 Å². The molecule has 0 saturated heterocycles. The smallest absolute Gasteiger partial charge is 0.264 e. The number of amides is 1. The van der Waals surface area contributed by atoms with Gasteiger partial charge in [0.25, 0.3) is 10.0 Å². The van der Waals surface area contributed by atoms with Crippen molar-refractivity contribution < 1.29 is 17.9 Å². The quantitative estimate of drug-likeness (QED) is 0.545. The number of unbranched alkanes of at least 4 members (excludes halogenated alkanes) is 1. The lowest BCUT2D eigenvalue weighted by atomic mass is 9.99. The first kappa shape index (κ1) is 23.7.